The first-order valence-electron chi connectivity index (χ1n) is 6.22. The van der Waals surface area contributed by atoms with E-state index < -0.39 is 11.6 Å². The maximum absolute atomic E-state index is 11.6. The van der Waals surface area contributed by atoms with Crippen molar-refractivity contribution in [3.8, 4) is 5.75 Å². The van der Waals surface area contributed by atoms with Crippen LogP contribution < -0.4 is 10.5 Å². The number of amides is 1. The Balaban J connectivity index is 3.10. The van der Waals surface area contributed by atoms with Crippen LogP contribution in [0.25, 0.3) is 0 Å². The maximum Gasteiger partial charge on any atom is 0.414 e. The molecule has 4 heteroatoms. The number of nitrogens with zero attached hydrogens (tertiary/aromatic N) is 1. The number of para-hydroxylation sites is 1. The Labute approximate surface area is 109 Å². The Morgan fingerprint density at radius 3 is 2.33 bits per heavy atom. The second-order valence-electron chi connectivity index (χ2n) is 4.62. The molecule has 2 N–H and O–H groups in total. The van der Waals surface area contributed by atoms with Gasteiger partial charge >= 0.3 is 6.09 Å². The number of carbonyl (C=O) groups is 1. The van der Waals surface area contributed by atoms with Crippen molar-refractivity contribution in [2.75, 3.05) is 14.1 Å². The molecular formula is C14H22N2O2. The normalized spacial score (nSPS) is 11.2. The Hall–Kier alpha value is -1.55. The fraction of sp³-hybridized carbons (Fsp3) is 0.500. The molecule has 100 valence electrons. The molecule has 1 rings (SSSR count). The van der Waals surface area contributed by atoms with Crippen LogP contribution in [0.2, 0.25) is 0 Å². The Morgan fingerprint density at radius 2 is 1.83 bits per heavy atom. The van der Waals surface area contributed by atoms with Crippen LogP contribution in [-0.4, -0.2) is 25.1 Å². The fourth-order valence-corrected chi connectivity index (χ4v) is 1.78. The number of hydrogen-bond acceptors (Lipinski definition) is 3. The first kappa shape index (κ1) is 14.5. The highest BCUT2D eigenvalue weighted by molar-refractivity contribution is 5.70. The molecule has 0 heterocycles. The van der Waals surface area contributed by atoms with Gasteiger partial charge in [-0.25, -0.2) is 4.79 Å². The van der Waals surface area contributed by atoms with Crippen LogP contribution in [0.4, 0.5) is 4.79 Å². The lowest BCUT2D eigenvalue weighted by Gasteiger charge is -2.29. The van der Waals surface area contributed by atoms with E-state index in [1.54, 1.807) is 20.2 Å². The number of benzene rings is 1. The number of carbonyl (C=O) groups excluding carboxylic acids is 1. The van der Waals surface area contributed by atoms with E-state index in [0.29, 0.717) is 5.75 Å². The van der Waals surface area contributed by atoms with E-state index in [-0.39, 0.29) is 0 Å². The topological polar surface area (TPSA) is 55.6 Å². The zero-order valence-corrected chi connectivity index (χ0v) is 11.6. The van der Waals surface area contributed by atoms with E-state index in [0.717, 1.165) is 18.4 Å². The zero-order chi connectivity index (χ0) is 13.8. The van der Waals surface area contributed by atoms with E-state index in [9.17, 15) is 4.79 Å². The molecule has 1 aromatic rings. The van der Waals surface area contributed by atoms with E-state index in [4.69, 9.17) is 10.5 Å². The van der Waals surface area contributed by atoms with Gasteiger partial charge in [0.15, 0.2) is 0 Å². The van der Waals surface area contributed by atoms with Gasteiger partial charge in [0.1, 0.15) is 5.75 Å². The summed E-state index contributed by atoms with van der Waals surface area (Å²) in [6.07, 6.45) is 1.19. The predicted octanol–water partition coefficient (Wildman–Crippen LogP) is 2.72. The third-order valence-electron chi connectivity index (χ3n) is 3.25. The molecule has 0 aliphatic heterocycles. The molecule has 0 aliphatic rings. The number of nitrogens with two attached hydrogens (primary N) is 1. The van der Waals surface area contributed by atoms with Crippen molar-refractivity contribution in [1.29, 1.82) is 0 Å². The maximum atomic E-state index is 11.6. The molecule has 0 bridgehead atoms. The molecular weight excluding hydrogens is 228 g/mol. The van der Waals surface area contributed by atoms with Crippen LogP contribution in [0.5, 0.6) is 5.75 Å². The van der Waals surface area contributed by atoms with Gasteiger partial charge in [-0.2, -0.15) is 0 Å². The van der Waals surface area contributed by atoms with E-state index >= 15 is 0 Å². The van der Waals surface area contributed by atoms with Crippen molar-refractivity contribution in [3.63, 3.8) is 0 Å². The molecule has 0 aromatic heterocycles. The lowest BCUT2D eigenvalue weighted by molar-refractivity contribution is 0.170. The lowest BCUT2D eigenvalue weighted by atomic mass is 9.85. The molecule has 0 aliphatic carbocycles. The third-order valence-corrected chi connectivity index (χ3v) is 3.25. The highest BCUT2D eigenvalue weighted by atomic mass is 16.6. The molecule has 0 fully saturated rings. The minimum absolute atomic E-state index is 0.392. The third kappa shape index (κ3) is 3.01. The van der Waals surface area contributed by atoms with Crippen molar-refractivity contribution in [2.45, 2.75) is 32.2 Å². The average Bonchev–Trinajstić information content (AvgIpc) is 2.38. The summed E-state index contributed by atoms with van der Waals surface area (Å²) < 4.78 is 5.36. The highest BCUT2D eigenvalue weighted by Crippen LogP contribution is 2.33. The molecule has 0 atom stereocenters. The van der Waals surface area contributed by atoms with Crippen molar-refractivity contribution >= 4 is 6.09 Å². The molecule has 4 nitrogen and oxygen atoms in total. The van der Waals surface area contributed by atoms with Crippen molar-refractivity contribution in [1.82, 2.24) is 4.90 Å². The van der Waals surface area contributed by atoms with Crippen molar-refractivity contribution in [3.05, 3.63) is 29.8 Å². The predicted molar refractivity (Wildman–Crippen MR) is 72.6 cm³/mol. The molecule has 0 saturated carbocycles. The smallest absolute Gasteiger partial charge is 0.410 e. The van der Waals surface area contributed by atoms with Crippen molar-refractivity contribution in [2.24, 2.45) is 5.73 Å². The van der Waals surface area contributed by atoms with Crippen LogP contribution in [0.15, 0.2) is 24.3 Å². The molecule has 0 unspecified atom stereocenters. The minimum atomic E-state index is -0.455. The second kappa shape index (κ2) is 5.87. The fourth-order valence-electron chi connectivity index (χ4n) is 1.78. The zero-order valence-electron chi connectivity index (χ0n) is 11.6. The van der Waals surface area contributed by atoms with Gasteiger partial charge in [-0.15, -0.1) is 0 Å². The Kier molecular flexibility index (Phi) is 4.73. The highest BCUT2D eigenvalue weighted by Gasteiger charge is 2.27. The van der Waals surface area contributed by atoms with Crippen LogP contribution in [0.1, 0.15) is 32.3 Å². The van der Waals surface area contributed by atoms with Gasteiger partial charge in [0, 0.05) is 25.2 Å². The standard InChI is InChI=1S/C14H22N2O2/c1-5-14(15,6-2)11-9-7-8-10-12(11)18-13(17)16(3)4/h7-10H,5-6,15H2,1-4H3. The molecule has 1 amide bonds. The molecule has 0 spiro atoms. The van der Waals surface area contributed by atoms with E-state index in [2.05, 4.69) is 0 Å². The Bertz CT molecular complexity index is 412. The first-order valence-corrected chi connectivity index (χ1v) is 6.22. The summed E-state index contributed by atoms with van der Waals surface area (Å²) in [6, 6.07) is 7.46. The van der Waals surface area contributed by atoms with Gasteiger partial charge in [0.25, 0.3) is 0 Å². The molecule has 0 radical (unpaired) electrons. The lowest BCUT2D eigenvalue weighted by Crippen LogP contribution is -2.36. The molecule has 1 aromatic carbocycles. The van der Waals surface area contributed by atoms with Gasteiger partial charge in [-0.1, -0.05) is 32.0 Å². The number of hydrogen-bond donors (Lipinski definition) is 1. The summed E-state index contributed by atoms with van der Waals surface area (Å²) in [7, 11) is 3.31. The first-order chi connectivity index (χ1) is 8.44. The summed E-state index contributed by atoms with van der Waals surface area (Å²) in [5.74, 6) is 0.544. The van der Waals surface area contributed by atoms with Gasteiger partial charge in [0.2, 0.25) is 0 Å². The van der Waals surface area contributed by atoms with Crippen LogP contribution in [-0.2, 0) is 5.54 Å². The summed E-state index contributed by atoms with van der Waals surface area (Å²) >= 11 is 0. The number of ether oxygens (including phenoxy) is 1. The summed E-state index contributed by atoms with van der Waals surface area (Å²) in [5.41, 5.74) is 6.79. The minimum Gasteiger partial charge on any atom is -0.410 e. The van der Waals surface area contributed by atoms with Crippen LogP contribution >= 0.6 is 0 Å². The Morgan fingerprint density at radius 1 is 1.28 bits per heavy atom. The van der Waals surface area contributed by atoms with Crippen molar-refractivity contribution < 1.29 is 9.53 Å². The van der Waals surface area contributed by atoms with Crippen LogP contribution in [0, 0.1) is 0 Å². The monoisotopic (exact) mass is 250 g/mol. The van der Waals surface area contributed by atoms with E-state index in [1.807, 2.05) is 32.0 Å². The average molecular weight is 250 g/mol. The molecule has 0 saturated heterocycles. The largest absolute Gasteiger partial charge is 0.414 e. The SMILES string of the molecule is CCC(N)(CC)c1ccccc1OC(=O)N(C)C. The second-order valence-corrected chi connectivity index (χ2v) is 4.62. The summed E-state index contributed by atoms with van der Waals surface area (Å²) in [5, 5.41) is 0. The van der Waals surface area contributed by atoms with Gasteiger partial charge in [0.05, 0.1) is 0 Å². The van der Waals surface area contributed by atoms with E-state index in [1.165, 1.54) is 4.90 Å². The molecule has 18 heavy (non-hydrogen) atoms. The summed E-state index contributed by atoms with van der Waals surface area (Å²) in [6.45, 7) is 4.07. The van der Waals surface area contributed by atoms with Gasteiger partial charge in [-0.05, 0) is 18.9 Å². The summed E-state index contributed by atoms with van der Waals surface area (Å²) in [4.78, 5) is 13.0. The van der Waals surface area contributed by atoms with Crippen LogP contribution in [0.3, 0.4) is 0 Å². The van der Waals surface area contributed by atoms with Gasteiger partial charge in [-0.3, -0.25) is 0 Å². The van der Waals surface area contributed by atoms with Gasteiger partial charge < -0.3 is 15.4 Å². The number of rotatable bonds is 4. The quantitative estimate of drug-likeness (QED) is 0.894.